The van der Waals surface area contributed by atoms with Crippen LogP contribution in [0.15, 0.2) is 89.8 Å². The van der Waals surface area contributed by atoms with Crippen LogP contribution in [0.5, 0.6) is 11.5 Å². The van der Waals surface area contributed by atoms with Gasteiger partial charge in [0.1, 0.15) is 11.5 Å². The van der Waals surface area contributed by atoms with Crippen molar-refractivity contribution in [1.29, 1.82) is 0 Å². The maximum absolute atomic E-state index is 12.7. The van der Waals surface area contributed by atoms with E-state index < -0.39 is 10.0 Å². The number of carbonyl (C=O) groups excluding carboxylic acids is 1. The van der Waals surface area contributed by atoms with Gasteiger partial charge >= 0.3 is 0 Å². The van der Waals surface area contributed by atoms with Gasteiger partial charge in [-0.3, -0.25) is 9.52 Å². The Morgan fingerprint density at radius 1 is 0.844 bits per heavy atom. The molecule has 0 aliphatic heterocycles. The summed E-state index contributed by atoms with van der Waals surface area (Å²) >= 11 is 6.31. The number of rotatable bonds is 6. The molecule has 0 aromatic heterocycles. The Hall–Kier alpha value is -3.55. The van der Waals surface area contributed by atoms with E-state index in [-0.39, 0.29) is 21.5 Å². The molecule has 6 nitrogen and oxygen atoms in total. The number of amides is 1. The Morgan fingerprint density at radius 2 is 1.50 bits per heavy atom. The Kier molecular flexibility index (Phi) is 6.03. The zero-order chi connectivity index (χ0) is 22.7. The fourth-order valence-electron chi connectivity index (χ4n) is 3.13. The highest BCUT2D eigenvalue weighted by molar-refractivity contribution is 7.92. The summed E-state index contributed by atoms with van der Waals surface area (Å²) in [5.74, 6) is 0.886. The highest BCUT2D eigenvalue weighted by Gasteiger charge is 2.16. The summed E-state index contributed by atoms with van der Waals surface area (Å²) in [4.78, 5) is 11.1. The quantitative estimate of drug-likeness (QED) is 0.362. The maximum Gasteiger partial charge on any atom is 0.261 e. The highest BCUT2D eigenvalue weighted by atomic mass is 35.5. The van der Waals surface area contributed by atoms with Crippen LogP contribution in [0.25, 0.3) is 10.8 Å². The normalized spacial score (nSPS) is 11.2. The largest absolute Gasteiger partial charge is 0.457 e. The van der Waals surface area contributed by atoms with Crippen LogP contribution in [0.1, 0.15) is 6.92 Å². The second-order valence-electron chi connectivity index (χ2n) is 7.06. The molecule has 0 aliphatic rings. The van der Waals surface area contributed by atoms with Crippen molar-refractivity contribution in [3.05, 3.63) is 90.0 Å². The molecule has 1 amide bonds. The van der Waals surface area contributed by atoms with Gasteiger partial charge in [-0.1, -0.05) is 41.9 Å². The van der Waals surface area contributed by atoms with Gasteiger partial charge in [-0.2, -0.15) is 0 Å². The van der Waals surface area contributed by atoms with Crippen LogP contribution in [-0.2, 0) is 14.8 Å². The molecule has 0 saturated carbocycles. The molecule has 0 spiro atoms. The zero-order valence-electron chi connectivity index (χ0n) is 17.0. The van der Waals surface area contributed by atoms with Gasteiger partial charge in [-0.05, 0) is 59.3 Å². The zero-order valence-corrected chi connectivity index (χ0v) is 18.6. The predicted molar refractivity (Wildman–Crippen MR) is 127 cm³/mol. The van der Waals surface area contributed by atoms with E-state index in [0.717, 1.165) is 10.8 Å². The molecule has 0 radical (unpaired) electrons. The average molecular weight is 467 g/mol. The summed E-state index contributed by atoms with van der Waals surface area (Å²) in [5, 5.41) is 4.94. The summed E-state index contributed by atoms with van der Waals surface area (Å²) in [6.45, 7) is 1.38. The van der Waals surface area contributed by atoms with Crippen molar-refractivity contribution in [3.8, 4) is 11.5 Å². The number of anilines is 2. The molecule has 32 heavy (non-hydrogen) atoms. The van der Waals surface area contributed by atoms with Crippen molar-refractivity contribution in [3.63, 3.8) is 0 Å². The fraction of sp³-hybridized carbons (Fsp3) is 0.0417. The summed E-state index contributed by atoms with van der Waals surface area (Å²) < 4.78 is 33.8. The molecule has 0 heterocycles. The van der Waals surface area contributed by atoms with Gasteiger partial charge in [-0.15, -0.1) is 0 Å². The Morgan fingerprint density at radius 3 is 2.19 bits per heavy atom. The number of ether oxygens (including phenoxy) is 1. The summed E-state index contributed by atoms with van der Waals surface area (Å²) in [5.41, 5.74) is 0.730. The van der Waals surface area contributed by atoms with Gasteiger partial charge in [-0.25, -0.2) is 8.42 Å². The lowest BCUT2D eigenvalue weighted by atomic mass is 10.1. The van der Waals surface area contributed by atoms with E-state index in [2.05, 4.69) is 10.0 Å². The van der Waals surface area contributed by atoms with E-state index in [0.29, 0.717) is 17.2 Å². The van der Waals surface area contributed by atoms with Gasteiger partial charge in [0.05, 0.1) is 15.6 Å². The molecule has 162 valence electrons. The third-order valence-electron chi connectivity index (χ3n) is 4.63. The first-order chi connectivity index (χ1) is 15.3. The molecule has 0 fully saturated rings. The molecular weight excluding hydrogens is 448 g/mol. The van der Waals surface area contributed by atoms with Crippen molar-refractivity contribution >= 4 is 49.7 Å². The molecule has 4 aromatic carbocycles. The number of sulfonamides is 1. The lowest BCUT2D eigenvalue weighted by Crippen LogP contribution is -2.13. The molecule has 4 aromatic rings. The third-order valence-corrected chi connectivity index (χ3v) is 6.32. The van der Waals surface area contributed by atoms with E-state index in [1.165, 1.54) is 31.2 Å². The summed E-state index contributed by atoms with van der Waals surface area (Å²) in [7, 11) is -3.87. The first-order valence-corrected chi connectivity index (χ1v) is 11.5. The van der Waals surface area contributed by atoms with E-state index in [4.69, 9.17) is 16.3 Å². The Bertz CT molecular complexity index is 1400. The standard InChI is InChI=1S/C24H19ClN2O4S/c1-16(28)26-19-7-11-22(12-8-19)32(29,30)27-24-13-10-21(15-23(24)25)31-20-9-6-17-4-2-3-5-18(17)14-20/h2-15,27H,1H3,(H,26,28). The minimum Gasteiger partial charge on any atom is -0.457 e. The molecule has 0 atom stereocenters. The summed E-state index contributed by atoms with van der Waals surface area (Å²) in [6.07, 6.45) is 0. The van der Waals surface area contributed by atoms with Crippen molar-refractivity contribution in [2.45, 2.75) is 11.8 Å². The molecule has 4 rings (SSSR count). The van der Waals surface area contributed by atoms with E-state index >= 15 is 0 Å². The summed E-state index contributed by atoms with van der Waals surface area (Å²) in [6, 6.07) is 24.2. The van der Waals surface area contributed by atoms with Crippen molar-refractivity contribution in [1.82, 2.24) is 0 Å². The minimum absolute atomic E-state index is 0.0409. The first-order valence-electron chi connectivity index (χ1n) is 9.67. The Balaban J connectivity index is 1.50. The number of benzene rings is 4. The number of halogens is 1. The van der Waals surface area contributed by atoms with Gasteiger partial charge in [0.25, 0.3) is 10.0 Å². The van der Waals surface area contributed by atoms with Gasteiger partial charge < -0.3 is 10.1 Å². The van der Waals surface area contributed by atoms with E-state index in [1.54, 1.807) is 18.2 Å². The maximum atomic E-state index is 12.7. The van der Waals surface area contributed by atoms with E-state index in [9.17, 15) is 13.2 Å². The van der Waals surface area contributed by atoms with Crippen molar-refractivity contribution in [2.24, 2.45) is 0 Å². The molecule has 0 bridgehead atoms. The highest BCUT2D eigenvalue weighted by Crippen LogP contribution is 2.32. The fourth-order valence-corrected chi connectivity index (χ4v) is 4.49. The number of carbonyl (C=O) groups is 1. The molecule has 0 saturated heterocycles. The lowest BCUT2D eigenvalue weighted by molar-refractivity contribution is -0.114. The molecule has 0 aliphatic carbocycles. The lowest BCUT2D eigenvalue weighted by Gasteiger charge is -2.12. The van der Waals surface area contributed by atoms with Crippen LogP contribution >= 0.6 is 11.6 Å². The van der Waals surface area contributed by atoms with Crippen molar-refractivity contribution < 1.29 is 17.9 Å². The number of nitrogens with one attached hydrogen (secondary N) is 2. The van der Waals surface area contributed by atoms with Crippen LogP contribution < -0.4 is 14.8 Å². The topological polar surface area (TPSA) is 84.5 Å². The van der Waals surface area contributed by atoms with Gasteiger partial charge in [0.2, 0.25) is 5.91 Å². The van der Waals surface area contributed by atoms with Gasteiger partial charge in [0.15, 0.2) is 0 Å². The van der Waals surface area contributed by atoms with Crippen LogP contribution in [0, 0.1) is 0 Å². The van der Waals surface area contributed by atoms with Crippen LogP contribution in [-0.4, -0.2) is 14.3 Å². The van der Waals surface area contributed by atoms with Crippen LogP contribution in [0.4, 0.5) is 11.4 Å². The van der Waals surface area contributed by atoms with Crippen LogP contribution in [0.3, 0.4) is 0 Å². The van der Waals surface area contributed by atoms with E-state index in [1.807, 2.05) is 42.5 Å². The second-order valence-corrected chi connectivity index (χ2v) is 9.15. The van der Waals surface area contributed by atoms with Crippen molar-refractivity contribution in [2.75, 3.05) is 10.0 Å². The minimum atomic E-state index is -3.87. The smallest absolute Gasteiger partial charge is 0.261 e. The first kappa shape index (κ1) is 21.7. The van der Waals surface area contributed by atoms with Gasteiger partial charge in [0, 0.05) is 18.7 Å². The second kappa shape index (κ2) is 8.90. The SMILES string of the molecule is CC(=O)Nc1ccc(S(=O)(=O)Nc2ccc(Oc3ccc4ccccc4c3)cc2Cl)cc1. The molecular formula is C24H19ClN2O4S. The Labute approximate surface area is 190 Å². The monoisotopic (exact) mass is 466 g/mol. The number of hydrogen-bond acceptors (Lipinski definition) is 4. The number of hydrogen-bond donors (Lipinski definition) is 2. The van der Waals surface area contributed by atoms with Crippen LogP contribution in [0.2, 0.25) is 5.02 Å². The molecule has 2 N–H and O–H groups in total. The molecule has 0 unspecified atom stereocenters. The number of fused-ring (bicyclic) bond motifs is 1. The molecule has 8 heteroatoms. The predicted octanol–water partition coefficient (Wildman–Crippen LogP) is 6.04. The average Bonchev–Trinajstić information content (AvgIpc) is 2.75. The third kappa shape index (κ3) is 5.01.